The van der Waals surface area contributed by atoms with Crippen molar-refractivity contribution in [1.82, 2.24) is 4.90 Å². The number of carbonyl (C=O) groups is 2. The quantitative estimate of drug-likeness (QED) is 0.350. The lowest BCUT2D eigenvalue weighted by atomic mass is 9.94. The summed E-state index contributed by atoms with van der Waals surface area (Å²) in [4.78, 5) is 28.1. The summed E-state index contributed by atoms with van der Waals surface area (Å²) >= 11 is 0. The molecule has 2 fully saturated rings. The van der Waals surface area contributed by atoms with Gasteiger partial charge in [0.1, 0.15) is 5.76 Å². The average molecular weight is 498 g/mol. The van der Waals surface area contributed by atoms with Crippen LogP contribution in [0.4, 0.5) is 0 Å². The molecule has 2 aromatic rings. The third-order valence-corrected chi connectivity index (χ3v) is 6.61. The molecule has 3 heterocycles. The van der Waals surface area contributed by atoms with E-state index in [1.807, 2.05) is 0 Å². The van der Waals surface area contributed by atoms with E-state index in [0.717, 1.165) is 12.8 Å². The summed E-state index contributed by atoms with van der Waals surface area (Å²) < 4.78 is 33.0. The van der Waals surface area contributed by atoms with Crippen LogP contribution in [0.25, 0.3) is 5.76 Å². The van der Waals surface area contributed by atoms with Crippen LogP contribution in [0, 0.1) is 0 Å². The number of rotatable bonds is 7. The molecule has 3 aliphatic heterocycles. The van der Waals surface area contributed by atoms with Gasteiger partial charge in [-0.05, 0) is 48.7 Å². The van der Waals surface area contributed by atoms with E-state index < -0.39 is 17.7 Å². The van der Waals surface area contributed by atoms with Gasteiger partial charge < -0.3 is 38.4 Å². The van der Waals surface area contributed by atoms with Crippen LogP contribution in [0.1, 0.15) is 30.0 Å². The Balaban J connectivity index is 1.67. The number of ether oxygens (including phenoxy) is 6. The second kappa shape index (κ2) is 9.62. The molecule has 10 heteroatoms. The van der Waals surface area contributed by atoms with E-state index in [1.165, 1.54) is 26.2 Å². The highest BCUT2D eigenvalue weighted by Gasteiger charge is 2.47. The first-order chi connectivity index (χ1) is 17.5. The van der Waals surface area contributed by atoms with Gasteiger partial charge in [-0.25, -0.2) is 0 Å². The van der Waals surface area contributed by atoms with Crippen LogP contribution in [-0.4, -0.2) is 69.1 Å². The van der Waals surface area contributed by atoms with Gasteiger partial charge in [0.05, 0.1) is 39.0 Å². The first kappa shape index (κ1) is 23.8. The highest BCUT2D eigenvalue weighted by atomic mass is 16.7. The van der Waals surface area contributed by atoms with Gasteiger partial charge in [-0.15, -0.1) is 0 Å². The molecule has 0 aliphatic carbocycles. The van der Waals surface area contributed by atoms with E-state index in [-0.39, 0.29) is 30.8 Å². The third kappa shape index (κ3) is 3.97. The van der Waals surface area contributed by atoms with Gasteiger partial charge in [0, 0.05) is 18.7 Å². The number of carbonyl (C=O) groups excluding carboxylic acids is 2. The number of aliphatic hydroxyl groups excluding tert-OH is 1. The number of ketones is 1. The van der Waals surface area contributed by atoms with Crippen molar-refractivity contribution in [2.45, 2.75) is 25.0 Å². The molecule has 2 saturated heterocycles. The molecule has 3 aliphatic rings. The van der Waals surface area contributed by atoms with E-state index >= 15 is 0 Å². The molecule has 2 unspecified atom stereocenters. The maximum absolute atomic E-state index is 13.4. The monoisotopic (exact) mass is 497 g/mol. The van der Waals surface area contributed by atoms with E-state index in [9.17, 15) is 14.7 Å². The van der Waals surface area contributed by atoms with Gasteiger partial charge in [-0.2, -0.15) is 0 Å². The SMILES string of the molecule is COc1cc(C2/C(=C(\O)c3ccc4c(c3)OCO4)C(=O)C(=O)N2CC2CCCO2)cc(OC)c1OC. The van der Waals surface area contributed by atoms with Crippen molar-refractivity contribution < 1.29 is 43.1 Å². The maximum Gasteiger partial charge on any atom is 0.295 e. The van der Waals surface area contributed by atoms with Crippen LogP contribution in [0.3, 0.4) is 0 Å². The smallest absolute Gasteiger partial charge is 0.295 e. The third-order valence-electron chi connectivity index (χ3n) is 6.61. The second-order valence-electron chi connectivity index (χ2n) is 8.61. The van der Waals surface area contributed by atoms with Gasteiger partial charge in [0.15, 0.2) is 23.0 Å². The first-order valence-electron chi connectivity index (χ1n) is 11.6. The predicted molar refractivity (Wildman–Crippen MR) is 127 cm³/mol. The Bertz CT molecular complexity index is 1210. The molecular formula is C26H27NO9. The van der Waals surface area contributed by atoms with E-state index in [0.29, 0.717) is 46.5 Å². The molecule has 1 amide bonds. The molecule has 2 atom stereocenters. The predicted octanol–water partition coefficient (Wildman–Crippen LogP) is 3.04. The molecular weight excluding hydrogens is 470 g/mol. The van der Waals surface area contributed by atoms with Crippen LogP contribution in [0.15, 0.2) is 35.9 Å². The molecule has 0 spiro atoms. The van der Waals surface area contributed by atoms with E-state index in [1.54, 1.807) is 30.3 Å². The number of nitrogens with zero attached hydrogens (tertiary/aromatic N) is 1. The minimum absolute atomic E-state index is 0.0499. The molecule has 1 N–H and O–H groups in total. The number of Topliss-reactive ketones (excluding diaryl/α,β-unsaturated/α-hetero) is 1. The zero-order valence-electron chi connectivity index (χ0n) is 20.2. The number of amides is 1. The topological polar surface area (TPSA) is 113 Å². The minimum Gasteiger partial charge on any atom is -0.507 e. The zero-order valence-corrected chi connectivity index (χ0v) is 20.2. The van der Waals surface area contributed by atoms with Crippen LogP contribution in [0.5, 0.6) is 28.7 Å². The molecule has 2 aromatic carbocycles. The van der Waals surface area contributed by atoms with Crippen molar-refractivity contribution in [3.63, 3.8) is 0 Å². The van der Waals surface area contributed by atoms with Crippen molar-refractivity contribution in [2.24, 2.45) is 0 Å². The molecule has 0 aromatic heterocycles. The molecule has 36 heavy (non-hydrogen) atoms. The Hall–Kier alpha value is -3.92. The molecule has 190 valence electrons. The summed E-state index contributed by atoms with van der Waals surface area (Å²) in [6, 6.07) is 7.28. The minimum atomic E-state index is -0.909. The number of likely N-dealkylation sites (tertiary alicyclic amines) is 1. The fourth-order valence-corrected chi connectivity index (χ4v) is 4.88. The van der Waals surface area contributed by atoms with Gasteiger partial charge in [-0.1, -0.05) is 0 Å². The number of hydrogen-bond donors (Lipinski definition) is 1. The highest BCUT2D eigenvalue weighted by Crippen LogP contribution is 2.46. The number of hydrogen-bond acceptors (Lipinski definition) is 9. The number of fused-ring (bicyclic) bond motifs is 1. The Kier molecular flexibility index (Phi) is 6.36. The van der Waals surface area contributed by atoms with Crippen molar-refractivity contribution in [3.8, 4) is 28.7 Å². The number of methoxy groups -OCH3 is 3. The van der Waals surface area contributed by atoms with Gasteiger partial charge in [0.25, 0.3) is 11.7 Å². The summed E-state index contributed by atoms with van der Waals surface area (Å²) in [5.74, 6) is 0.239. The fraction of sp³-hybridized carbons (Fsp3) is 0.385. The lowest BCUT2D eigenvalue weighted by Gasteiger charge is -2.28. The average Bonchev–Trinajstić information content (AvgIpc) is 3.64. The van der Waals surface area contributed by atoms with Crippen molar-refractivity contribution in [2.75, 3.05) is 41.3 Å². The summed E-state index contributed by atoms with van der Waals surface area (Å²) in [5, 5.41) is 11.4. The highest BCUT2D eigenvalue weighted by molar-refractivity contribution is 6.46. The van der Waals surface area contributed by atoms with Crippen LogP contribution in [-0.2, 0) is 14.3 Å². The van der Waals surface area contributed by atoms with Crippen molar-refractivity contribution in [3.05, 3.63) is 47.0 Å². The van der Waals surface area contributed by atoms with Crippen LogP contribution in [0.2, 0.25) is 0 Å². The van der Waals surface area contributed by atoms with Gasteiger partial charge in [0.2, 0.25) is 12.5 Å². The molecule has 0 radical (unpaired) electrons. The van der Waals surface area contributed by atoms with Crippen LogP contribution >= 0.6 is 0 Å². The summed E-state index contributed by atoms with van der Waals surface area (Å²) in [5.41, 5.74) is 0.793. The van der Waals surface area contributed by atoms with E-state index in [4.69, 9.17) is 28.4 Å². The number of aliphatic hydroxyl groups is 1. The zero-order chi connectivity index (χ0) is 25.4. The van der Waals surface area contributed by atoms with E-state index in [2.05, 4.69) is 0 Å². The lowest BCUT2D eigenvalue weighted by molar-refractivity contribution is -0.140. The van der Waals surface area contributed by atoms with Crippen molar-refractivity contribution in [1.29, 1.82) is 0 Å². The molecule has 0 bridgehead atoms. The second-order valence-corrected chi connectivity index (χ2v) is 8.61. The Morgan fingerprint density at radius 2 is 1.75 bits per heavy atom. The standard InChI is InChI=1S/C26H27NO9/c1-31-19-10-15(11-20(32-2)25(19)33-3)22-21(23(28)14-6-7-17-18(9-14)36-13-35-17)24(29)26(30)27(22)12-16-5-4-8-34-16/h6-7,9-11,16,22,28H,4-5,8,12-13H2,1-3H3/b23-21+. The Labute approximate surface area is 207 Å². The maximum atomic E-state index is 13.4. The van der Waals surface area contributed by atoms with Crippen molar-refractivity contribution >= 4 is 17.4 Å². The molecule has 10 nitrogen and oxygen atoms in total. The summed E-state index contributed by atoms with van der Waals surface area (Å²) in [6.07, 6.45) is 1.44. The lowest BCUT2D eigenvalue weighted by Crippen LogP contribution is -2.36. The largest absolute Gasteiger partial charge is 0.507 e. The molecule has 5 rings (SSSR count). The fourth-order valence-electron chi connectivity index (χ4n) is 4.88. The Morgan fingerprint density at radius 1 is 1.03 bits per heavy atom. The van der Waals surface area contributed by atoms with Gasteiger partial charge in [-0.3, -0.25) is 9.59 Å². The summed E-state index contributed by atoms with van der Waals surface area (Å²) in [6.45, 7) is 0.862. The van der Waals surface area contributed by atoms with Gasteiger partial charge >= 0.3 is 0 Å². The summed E-state index contributed by atoms with van der Waals surface area (Å²) in [7, 11) is 4.46. The molecule has 0 saturated carbocycles. The van der Waals surface area contributed by atoms with Crippen LogP contribution < -0.4 is 23.7 Å². The normalized spacial score (nSPS) is 22.2. The Morgan fingerprint density at radius 3 is 2.39 bits per heavy atom. The first-order valence-corrected chi connectivity index (χ1v) is 11.6. The number of benzene rings is 2.